The second-order valence-electron chi connectivity index (χ2n) is 4.01. The lowest BCUT2D eigenvalue weighted by Gasteiger charge is -2.13. The topological polar surface area (TPSA) is 67.8 Å². The number of carboxylic acids is 1. The molecule has 0 bridgehead atoms. The third-order valence-corrected chi connectivity index (χ3v) is 2.64. The van der Waals surface area contributed by atoms with Gasteiger partial charge in [-0.15, -0.1) is 0 Å². The molecule has 0 aromatic heterocycles. The van der Waals surface area contributed by atoms with E-state index in [1.165, 1.54) is 0 Å². The van der Waals surface area contributed by atoms with Gasteiger partial charge in [-0.1, -0.05) is 6.08 Å². The van der Waals surface area contributed by atoms with Crippen LogP contribution in [0.4, 0.5) is 0 Å². The lowest BCUT2D eigenvalue weighted by Crippen LogP contribution is -2.14. The average Bonchev–Trinajstić information content (AvgIpc) is 2.38. The summed E-state index contributed by atoms with van der Waals surface area (Å²) < 4.78 is 10.6. The molecule has 0 radical (unpaired) electrons. The number of benzene rings is 1. The molecule has 0 amide bonds. The van der Waals surface area contributed by atoms with Crippen LogP contribution in [0.3, 0.4) is 0 Å². The monoisotopic (exact) mass is 265 g/mol. The Morgan fingerprint density at radius 3 is 2.58 bits per heavy atom. The second-order valence-corrected chi connectivity index (χ2v) is 4.01. The molecule has 0 saturated carbocycles. The van der Waals surface area contributed by atoms with Crippen LogP contribution in [0, 0.1) is 6.92 Å². The summed E-state index contributed by atoms with van der Waals surface area (Å²) in [5.41, 5.74) is 1.97. The summed E-state index contributed by atoms with van der Waals surface area (Å²) in [4.78, 5) is 10.3. The van der Waals surface area contributed by atoms with Crippen LogP contribution in [-0.4, -0.2) is 31.8 Å². The van der Waals surface area contributed by atoms with Gasteiger partial charge in [0.15, 0.2) is 0 Å². The maximum absolute atomic E-state index is 10.3. The SMILES string of the molecule is COc1cc(CNC/C=C/C(=O)O)c(OC)cc1C. The minimum absolute atomic E-state index is 0.478. The average molecular weight is 265 g/mol. The van der Waals surface area contributed by atoms with Crippen molar-refractivity contribution in [2.75, 3.05) is 20.8 Å². The summed E-state index contributed by atoms with van der Waals surface area (Å²) in [6, 6.07) is 3.84. The number of carbonyl (C=O) groups is 1. The van der Waals surface area contributed by atoms with Gasteiger partial charge in [0, 0.05) is 24.7 Å². The molecule has 0 heterocycles. The van der Waals surface area contributed by atoms with Crippen molar-refractivity contribution in [3.05, 3.63) is 35.4 Å². The summed E-state index contributed by atoms with van der Waals surface area (Å²) in [5, 5.41) is 11.6. The Morgan fingerprint density at radius 2 is 2.00 bits per heavy atom. The summed E-state index contributed by atoms with van der Waals surface area (Å²) in [5.74, 6) is 0.642. The molecular weight excluding hydrogens is 246 g/mol. The molecule has 1 rings (SSSR count). The molecule has 0 saturated heterocycles. The van der Waals surface area contributed by atoms with E-state index in [1.54, 1.807) is 20.3 Å². The lowest BCUT2D eigenvalue weighted by atomic mass is 10.1. The molecule has 104 valence electrons. The van der Waals surface area contributed by atoms with Gasteiger partial charge in [-0.05, 0) is 24.6 Å². The number of hydrogen-bond donors (Lipinski definition) is 2. The van der Waals surface area contributed by atoms with Crippen molar-refractivity contribution in [2.24, 2.45) is 0 Å². The van der Waals surface area contributed by atoms with E-state index >= 15 is 0 Å². The van der Waals surface area contributed by atoms with Gasteiger partial charge in [-0.3, -0.25) is 0 Å². The zero-order valence-corrected chi connectivity index (χ0v) is 11.4. The fourth-order valence-corrected chi connectivity index (χ4v) is 1.70. The highest BCUT2D eigenvalue weighted by Gasteiger charge is 2.07. The highest BCUT2D eigenvalue weighted by Crippen LogP contribution is 2.27. The predicted molar refractivity (Wildman–Crippen MR) is 72.8 cm³/mol. The van der Waals surface area contributed by atoms with Crippen molar-refractivity contribution in [3.8, 4) is 11.5 Å². The first kappa shape index (κ1) is 15.0. The van der Waals surface area contributed by atoms with Gasteiger partial charge in [0.2, 0.25) is 0 Å². The van der Waals surface area contributed by atoms with Crippen LogP contribution in [0.15, 0.2) is 24.3 Å². The fourth-order valence-electron chi connectivity index (χ4n) is 1.70. The number of aliphatic carboxylic acids is 1. The van der Waals surface area contributed by atoms with Crippen LogP contribution >= 0.6 is 0 Å². The first-order chi connectivity index (χ1) is 9.08. The zero-order valence-electron chi connectivity index (χ0n) is 11.4. The molecule has 5 nitrogen and oxygen atoms in total. The molecule has 0 aliphatic carbocycles. The Morgan fingerprint density at radius 1 is 1.32 bits per heavy atom. The van der Waals surface area contributed by atoms with Crippen molar-refractivity contribution < 1.29 is 19.4 Å². The maximum atomic E-state index is 10.3. The molecule has 0 spiro atoms. The van der Waals surface area contributed by atoms with Crippen molar-refractivity contribution in [1.29, 1.82) is 0 Å². The number of hydrogen-bond acceptors (Lipinski definition) is 4. The van der Waals surface area contributed by atoms with Gasteiger partial charge in [0.1, 0.15) is 11.5 Å². The van der Waals surface area contributed by atoms with Crippen LogP contribution in [0.5, 0.6) is 11.5 Å². The highest BCUT2D eigenvalue weighted by atomic mass is 16.5. The summed E-state index contributed by atoms with van der Waals surface area (Å²) in [6.07, 6.45) is 2.67. The van der Waals surface area contributed by atoms with Crippen LogP contribution in [0.1, 0.15) is 11.1 Å². The van der Waals surface area contributed by atoms with Gasteiger partial charge < -0.3 is 19.9 Å². The minimum Gasteiger partial charge on any atom is -0.496 e. The number of rotatable bonds is 7. The highest BCUT2D eigenvalue weighted by molar-refractivity contribution is 5.79. The van der Waals surface area contributed by atoms with Crippen molar-refractivity contribution >= 4 is 5.97 Å². The Kier molecular flexibility index (Phi) is 5.89. The van der Waals surface area contributed by atoms with E-state index in [0.717, 1.165) is 28.7 Å². The normalized spacial score (nSPS) is 10.7. The Bertz CT molecular complexity index is 469. The van der Waals surface area contributed by atoms with Crippen LogP contribution < -0.4 is 14.8 Å². The third kappa shape index (κ3) is 4.63. The van der Waals surface area contributed by atoms with E-state index in [9.17, 15) is 4.79 Å². The fraction of sp³-hybridized carbons (Fsp3) is 0.357. The minimum atomic E-state index is -0.948. The van der Waals surface area contributed by atoms with Crippen LogP contribution in [0.2, 0.25) is 0 Å². The van der Waals surface area contributed by atoms with Gasteiger partial charge in [0.25, 0.3) is 0 Å². The first-order valence-corrected chi connectivity index (χ1v) is 5.90. The van der Waals surface area contributed by atoms with Crippen molar-refractivity contribution in [3.63, 3.8) is 0 Å². The number of ether oxygens (including phenoxy) is 2. The van der Waals surface area contributed by atoms with E-state index in [2.05, 4.69) is 5.32 Å². The summed E-state index contributed by atoms with van der Waals surface area (Å²) in [6.45, 7) is 3.00. The standard InChI is InChI=1S/C14H19NO4/c1-10-7-13(19-3)11(8-12(10)18-2)9-15-6-4-5-14(16)17/h4-5,7-8,15H,6,9H2,1-3H3,(H,16,17)/b5-4+. The zero-order chi connectivity index (χ0) is 14.3. The van der Waals surface area contributed by atoms with Gasteiger partial charge in [0.05, 0.1) is 14.2 Å². The molecule has 5 heteroatoms. The van der Waals surface area contributed by atoms with Gasteiger partial charge in [-0.2, -0.15) is 0 Å². The van der Waals surface area contributed by atoms with E-state index in [1.807, 2.05) is 19.1 Å². The largest absolute Gasteiger partial charge is 0.496 e. The molecule has 19 heavy (non-hydrogen) atoms. The molecule has 0 fully saturated rings. The van der Waals surface area contributed by atoms with Crippen molar-refractivity contribution in [1.82, 2.24) is 5.32 Å². The van der Waals surface area contributed by atoms with E-state index < -0.39 is 5.97 Å². The summed E-state index contributed by atoms with van der Waals surface area (Å²) >= 11 is 0. The number of methoxy groups -OCH3 is 2. The number of nitrogens with one attached hydrogen (secondary N) is 1. The van der Waals surface area contributed by atoms with Crippen LogP contribution in [-0.2, 0) is 11.3 Å². The number of aryl methyl sites for hydroxylation is 1. The quantitative estimate of drug-likeness (QED) is 0.580. The molecular formula is C14H19NO4. The molecule has 0 aliphatic heterocycles. The van der Waals surface area contributed by atoms with E-state index in [0.29, 0.717) is 13.1 Å². The lowest BCUT2D eigenvalue weighted by molar-refractivity contribution is -0.131. The molecule has 0 unspecified atom stereocenters. The Balaban J connectivity index is 2.68. The Hall–Kier alpha value is -2.01. The first-order valence-electron chi connectivity index (χ1n) is 5.90. The van der Waals surface area contributed by atoms with Crippen molar-refractivity contribution in [2.45, 2.75) is 13.5 Å². The smallest absolute Gasteiger partial charge is 0.328 e. The maximum Gasteiger partial charge on any atom is 0.328 e. The Labute approximate surface area is 112 Å². The van der Waals surface area contributed by atoms with E-state index in [4.69, 9.17) is 14.6 Å². The summed E-state index contributed by atoms with van der Waals surface area (Å²) in [7, 11) is 3.25. The molecule has 1 aromatic carbocycles. The van der Waals surface area contributed by atoms with Gasteiger partial charge in [-0.25, -0.2) is 4.79 Å². The predicted octanol–water partition coefficient (Wildman–Crippen LogP) is 1.74. The second kappa shape index (κ2) is 7.43. The molecule has 0 atom stereocenters. The van der Waals surface area contributed by atoms with Gasteiger partial charge >= 0.3 is 5.97 Å². The third-order valence-electron chi connectivity index (χ3n) is 2.64. The number of carboxylic acid groups (broad SMARTS) is 1. The molecule has 2 N–H and O–H groups in total. The molecule has 0 aliphatic rings. The molecule has 1 aromatic rings. The van der Waals surface area contributed by atoms with E-state index in [-0.39, 0.29) is 0 Å². The van der Waals surface area contributed by atoms with Crippen LogP contribution in [0.25, 0.3) is 0 Å².